The van der Waals surface area contributed by atoms with Crippen LogP contribution in [0.4, 0.5) is 10.5 Å². The van der Waals surface area contributed by atoms with Gasteiger partial charge in [0.1, 0.15) is 11.9 Å². The summed E-state index contributed by atoms with van der Waals surface area (Å²) < 4.78 is 5.43. The third kappa shape index (κ3) is 5.38. The zero-order valence-electron chi connectivity index (χ0n) is 17.0. The molecule has 0 saturated heterocycles. The lowest BCUT2D eigenvalue weighted by atomic mass is 10.0. The van der Waals surface area contributed by atoms with Gasteiger partial charge in [-0.05, 0) is 43.2 Å². The summed E-state index contributed by atoms with van der Waals surface area (Å²) in [7, 11) is 0. The standard InChI is InChI=1S/C24H25N3O3/c1-16(26-22-8-4-5-9-23(22)28)19-10-12-20(13-11-19)17(2)27-24(29)30-18(3)21-7-6-14-25-15-21/h4-15,17-18,26,28H,1H2,2-3H3,(H,27,29)/t17-,18-/m0/s1. The van der Waals surface area contributed by atoms with Crippen LogP contribution in [0.3, 0.4) is 0 Å². The molecule has 0 spiro atoms. The number of phenolic OH excluding ortho intramolecular Hbond substituents is 1. The highest BCUT2D eigenvalue weighted by atomic mass is 16.6. The quantitative estimate of drug-likeness (QED) is 0.459. The van der Waals surface area contributed by atoms with Crippen LogP contribution in [0.5, 0.6) is 5.75 Å². The number of nitrogens with one attached hydrogen (secondary N) is 2. The van der Waals surface area contributed by atoms with E-state index < -0.39 is 12.2 Å². The SMILES string of the molecule is C=C(Nc1ccccc1O)c1ccc([C@H](C)NC(=O)O[C@@H](C)c2cccnc2)cc1. The Hall–Kier alpha value is -3.80. The minimum absolute atomic E-state index is 0.159. The normalized spacial score (nSPS) is 12.5. The molecule has 0 aliphatic heterocycles. The molecule has 6 heteroatoms. The van der Waals surface area contributed by atoms with Crippen LogP contribution in [0.25, 0.3) is 5.70 Å². The van der Waals surface area contributed by atoms with E-state index in [1.165, 1.54) is 0 Å². The summed E-state index contributed by atoms with van der Waals surface area (Å²) in [5.74, 6) is 0.159. The second-order valence-electron chi connectivity index (χ2n) is 6.94. The number of aromatic nitrogens is 1. The van der Waals surface area contributed by atoms with E-state index in [0.717, 1.165) is 16.7 Å². The molecule has 1 heterocycles. The van der Waals surface area contributed by atoms with Crippen LogP contribution in [0.15, 0.2) is 79.6 Å². The minimum atomic E-state index is -0.492. The summed E-state index contributed by atoms with van der Waals surface area (Å²) in [4.78, 5) is 16.3. The third-order valence-electron chi connectivity index (χ3n) is 4.72. The summed E-state index contributed by atoms with van der Waals surface area (Å²) >= 11 is 0. The van der Waals surface area contributed by atoms with Gasteiger partial charge < -0.3 is 20.5 Å². The van der Waals surface area contributed by atoms with Crippen molar-refractivity contribution in [2.45, 2.75) is 26.0 Å². The lowest BCUT2D eigenvalue weighted by molar-refractivity contribution is 0.104. The molecule has 0 aliphatic carbocycles. The maximum absolute atomic E-state index is 12.2. The number of alkyl carbamates (subject to hydrolysis) is 1. The molecule has 0 unspecified atom stereocenters. The molecule has 3 aromatic rings. The van der Waals surface area contributed by atoms with E-state index in [-0.39, 0.29) is 11.8 Å². The Balaban J connectivity index is 1.56. The summed E-state index contributed by atoms with van der Waals surface area (Å²) in [6, 6.07) is 18.1. The van der Waals surface area contributed by atoms with E-state index in [2.05, 4.69) is 22.2 Å². The molecule has 0 fully saturated rings. The molecule has 30 heavy (non-hydrogen) atoms. The fraction of sp³-hybridized carbons (Fsp3) is 0.167. The van der Waals surface area contributed by atoms with Crippen molar-refractivity contribution in [1.82, 2.24) is 10.3 Å². The zero-order valence-corrected chi connectivity index (χ0v) is 17.0. The number of ether oxygens (including phenoxy) is 1. The van der Waals surface area contributed by atoms with Crippen molar-refractivity contribution >= 4 is 17.5 Å². The first-order valence-electron chi connectivity index (χ1n) is 9.65. The number of pyridine rings is 1. The van der Waals surface area contributed by atoms with Gasteiger partial charge >= 0.3 is 6.09 Å². The molecule has 3 N–H and O–H groups in total. The van der Waals surface area contributed by atoms with Gasteiger partial charge in [-0.3, -0.25) is 4.98 Å². The van der Waals surface area contributed by atoms with Crippen molar-refractivity contribution in [3.63, 3.8) is 0 Å². The van der Waals surface area contributed by atoms with E-state index in [9.17, 15) is 9.90 Å². The number of carbonyl (C=O) groups excluding carboxylic acids is 1. The Morgan fingerprint density at radius 3 is 2.43 bits per heavy atom. The number of hydrogen-bond donors (Lipinski definition) is 3. The molecule has 0 radical (unpaired) electrons. The van der Waals surface area contributed by atoms with Crippen LogP contribution < -0.4 is 10.6 Å². The molecule has 1 aromatic heterocycles. The van der Waals surface area contributed by atoms with Crippen molar-refractivity contribution in [2.24, 2.45) is 0 Å². The minimum Gasteiger partial charge on any atom is -0.506 e. The van der Waals surface area contributed by atoms with Crippen molar-refractivity contribution in [3.05, 3.63) is 96.3 Å². The fourth-order valence-corrected chi connectivity index (χ4v) is 2.93. The van der Waals surface area contributed by atoms with Gasteiger partial charge in [-0.2, -0.15) is 0 Å². The van der Waals surface area contributed by atoms with E-state index in [0.29, 0.717) is 11.4 Å². The largest absolute Gasteiger partial charge is 0.506 e. The van der Waals surface area contributed by atoms with Crippen molar-refractivity contribution in [2.75, 3.05) is 5.32 Å². The zero-order chi connectivity index (χ0) is 21.5. The molecule has 0 saturated carbocycles. The van der Waals surface area contributed by atoms with E-state index in [4.69, 9.17) is 4.74 Å². The number of phenols is 1. The first-order chi connectivity index (χ1) is 14.4. The molecule has 0 bridgehead atoms. The Kier molecular flexibility index (Phi) is 6.70. The third-order valence-corrected chi connectivity index (χ3v) is 4.72. The number of benzene rings is 2. The maximum Gasteiger partial charge on any atom is 0.408 e. The summed E-state index contributed by atoms with van der Waals surface area (Å²) in [6.45, 7) is 7.72. The lowest BCUT2D eigenvalue weighted by Crippen LogP contribution is -2.28. The van der Waals surface area contributed by atoms with E-state index in [1.54, 1.807) is 43.6 Å². The Morgan fingerprint density at radius 2 is 1.77 bits per heavy atom. The monoisotopic (exact) mass is 403 g/mol. The van der Waals surface area contributed by atoms with Crippen LogP contribution >= 0.6 is 0 Å². The van der Waals surface area contributed by atoms with Gasteiger partial charge in [-0.15, -0.1) is 0 Å². The Bertz CT molecular complexity index is 1000. The van der Waals surface area contributed by atoms with Gasteiger partial charge in [0.2, 0.25) is 0 Å². The summed E-state index contributed by atoms with van der Waals surface area (Å²) in [6.07, 6.45) is 2.47. The first kappa shape index (κ1) is 20.9. The number of hydrogen-bond acceptors (Lipinski definition) is 5. The molecule has 1 amide bonds. The van der Waals surface area contributed by atoms with Crippen LogP contribution in [-0.4, -0.2) is 16.2 Å². The average Bonchev–Trinajstić information content (AvgIpc) is 2.76. The number of rotatable bonds is 7. The molecular formula is C24H25N3O3. The molecule has 6 nitrogen and oxygen atoms in total. The Morgan fingerprint density at radius 1 is 1.03 bits per heavy atom. The second-order valence-corrected chi connectivity index (χ2v) is 6.94. The van der Waals surface area contributed by atoms with Gasteiger partial charge in [0.15, 0.2) is 0 Å². The van der Waals surface area contributed by atoms with Crippen LogP contribution in [0.2, 0.25) is 0 Å². The summed E-state index contributed by atoms with van der Waals surface area (Å²) in [5.41, 5.74) is 3.89. The predicted molar refractivity (Wildman–Crippen MR) is 118 cm³/mol. The van der Waals surface area contributed by atoms with Crippen LogP contribution in [-0.2, 0) is 4.74 Å². The van der Waals surface area contributed by atoms with E-state index in [1.807, 2.05) is 43.3 Å². The summed E-state index contributed by atoms with van der Waals surface area (Å²) in [5, 5.41) is 15.8. The number of amides is 1. The number of anilines is 1. The smallest absolute Gasteiger partial charge is 0.408 e. The fourth-order valence-electron chi connectivity index (χ4n) is 2.93. The van der Waals surface area contributed by atoms with Gasteiger partial charge in [0.05, 0.1) is 11.7 Å². The van der Waals surface area contributed by atoms with Crippen molar-refractivity contribution in [3.8, 4) is 5.75 Å². The molecule has 2 aromatic carbocycles. The number of para-hydroxylation sites is 2. The Labute approximate surface area is 176 Å². The molecule has 0 aliphatic rings. The van der Waals surface area contributed by atoms with Gasteiger partial charge in [0.25, 0.3) is 0 Å². The molecular weight excluding hydrogens is 378 g/mol. The molecule has 2 atom stereocenters. The lowest BCUT2D eigenvalue weighted by Gasteiger charge is -2.18. The van der Waals surface area contributed by atoms with Gasteiger partial charge in [-0.1, -0.05) is 49.0 Å². The molecule has 3 rings (SSSR count). The van der Waals surface area contributed by atoms with Gasteiger partial charge in [-0.25, -0.2) is 4.79 Å². The van der Waals surface area contributed by atoms with Gasteiger partial charge in [0, 0.05) is 23.7 Å². The topological polar surface area (TPSA) is 83.5 Å². The molecule has 154 valence electrons. The first-order valence-corrected chi connectivity index (χ1v) is 9.65. The van der Waals surface area contributed by atoms with Crippen molar-refractivity contribution < 1.29 is 14.6 Å². The van der Waals surface area contributed by atoms with Crippen LogP contribution in [0, 0.1) is 0 Å². The number of nitrogens with zero attached hydrogens (tertiary/aromatic N) is 1. The average molecular weight is 403 g/mol. The predicted octanol–water partition coefficient (Wildman–Crippen LogP) is 5.42. The highest BCUT2D eigenvalue weighted by molar-refractivity contribution is 5.77. The highest BCUT2D eigenvalue weighted by Gasteiger charge is 2.15. The second kappa shape index (κ2) is 9.60. The maximum atomic E-state index is 12.2. The highest BCUT2D eigenvalue weighted by Crippen LogP contribution is 2.26. The number of carbonyl (C=O) groups is 1. The van der Waals surface area contributed by atoms with E-state index >= 15 is 0 Å². The number of aromatic hydroxyl groups is 1. The van der Waals surface area contributed by atoms with Crippen LogP contribution in [0.1, 0.15) is 42.7 Å². The van der Waals surface area contributed by atoms with Crippen molar-refractivity contribution in [1.29, 1.82) is 0 Å².